The maximum atomic E-state index is 13.1. The van der Waals surface area contributed by atoms with Crippen LogP contribution in [0.1, 0.15) is 29.9 Å². The highest BCUT2D eigenvalue weighted by atomic mass is 19.1. The fourth-order valence-corrected chi connectivity index (χ4v) is 4.73. The van der Waals surface area contributed by atoms with E-state index in [2.05, 4.69) is 27.6 Å². The van der Waals surface area contributed by atoms with Gasteiger partial charge in [0.15, 0.2) is 5.82 Å². The van der Waals surface area contributed by atoms with E-state index in [1.807, 2.05) is 34.1 Å². The summed E-state index contributed by atoms with van der Waals surface area (Å²) >= 11 is 0. The number of nitrogens with one attached hydrogen (secondary N) is 1. The van der Waals surface area contributed by atoms with Gasteiger partial charge in [0, 0.05) is 38.1 Å². The molecule has 3 heterocycles. The van der Waals surface area contributed by atoms with Crippen LogP contribution in [0.25, 0.3) is 0 Å². The zero-order chi connectivity index (χ0) is 24.2. The first kappa shape index (κ1) is 23.0. The minimum absolute atomic E-state index is 0.0193. The standard InChI is InChI=1S/C27H28FN5O2/c28-23-7-3-19(4-8-23)16-26(34)32-14-11-21(12-15-32)20-5-9-24(10-6-20)30-27(35)22-17-33(18-22)25-2-1-13-29-31-25/h1-10,13,21-22H,11-12,14-18H2,(H,30,35). The average molecular weight is 474 g/mol. The summed E-state index contributed by atoms with van der Waals surface area (Å²) in [6, 6.07) is 17.9. The lowest BCUT2D eigenvalue weighted by molar-refractivity contribution is -0.131. The summed E-state index contributed by atoms with van der Waals surface area (Å²) in [7, 11) is 0. The second-order valence-corrected chi connectivity index (χ2v) is 9.25. The van der Waals surface area contributed by atoms with Crippen molar-refractivity contribution in [2.75, 3.05) is 36.4 Å². The van der Waals surface area contributed by atoms with Crippen molar-refractivity contribution in [3.8, 4) is 0 Å². The van der Waals surface area contributed by atoms with E-state index in [4.69, 9.17) is 0 Å². The number of amides is 2. The first-order valence-electron chi connectivity index (χ1n) is 12.0. The minimum atomic E-state index is -0.291. The van der Waals surface area contributed by atoms with E-state index < -0.39 is 0 Å². The maximum absolute atomic E-state index is 13.1. The molecule has 5 rings (SSSR count). The van der Waals surface area contributed by atoms with E-state index in [-0.39, 0.29) is 23.5 Å². The normalized spacial score (nSPS) is 16.6. The molecule has 0 spiro atoms. The summed E-state index contributed by atoms with van der Waals surface area (Å²) in [6.45, 7) is 2.71. The van der Waals surface area contributed by atoms with E-state index in [1.165, 1.54) is 17.7 Å². The second kappa shape index (κ2) is 10.2. The molecule has 8 heteroatoms. The van der Waals surface area contributed by atoms with Crippen molar-refractivity contribution in [1.82, 2.24) is 15.1 Å². The van der Waals surface area contributed by atoms with Gasteiger partial charge in [-0.2, -0.15) is 5.10 Å². The van der Waals surface area contributed by atoms with E-state index >= 15 is 0 Å². The summed E-state index contributed by atoms with van der Waals surface area (Å²) in [5, 5.41) is 11.0. The first-order valence-corrected chi connectivity index (χ1v) is 12.0. The first-order chi connectivity index (χ1) is 17.0. The van der Waals surface area contributed by atoms with Gasteiger partial charge in [-0.15, -0.1) is 5.10 Å². The molecule has 0 bridgehead atoms. The molecule has 35 heavy (non-hydrogen) atoms. The highest BCUT2D eigenvalue weighted by Crippen LogP contribution is 2.30. The summed E-state index contributed by atoms with van der Waals surface area (Å²) in [5.74, 6) is 0.938. The van der Waals surface area contributed by atoms with Gasteiger partial charge in [-0.3, -0.25) is 9.59 Å². The predicted molar refractivity (Wildman–Crippen MR) is 131 cm³/mol. The van der Waals surface area contributed by atoms with Gasteiger partial charge in [-0.1, -0.05) is 24.3 Å². The van der Waals surface area contributed by atoms with Crippen molar-refractivity contribution in [1.29, 1.82) is 0 Å². The molecule has 2 aliphatic heterocycles. The summed E-state index contributed by atoms with van der Waals surface area (Å²) in [6.07, 6.45) is 3.75. The Kier molecular flexibility index (Phi) is 6.70. The molecule has 2 aliphatic rings. The maximum Gasteiger partial charge on any atom is 0.231 e. The number of anilines is 2. The molecule has 2 fully saturated rings. The van der Waals surface area contributed by atoms with Crippen LogP contribution in [0.2, 0.25) is 0 Å². The molecule has 0 aliphatic carbocycles. The topological polar surface area (TPSA) is 78.4 Å². The minimum Gasteiger partial charge on any atom is -0.353 e. The number of nitrogens with zero attached hydrogens (tertiary/aromatic N) is 4. The molecule has 3 aromatic rings. The number of halogens is 1. The Balaban J connectivity index is 1.07. The second-order valence-electron chi connectivity index (χ2n) is 9.25. The molecule has 2 saturated heterocycles. The van der Waals surface area contributed by atoms with E-state index in [1.54, 1.807) is 18.3 Å². The van der Waals surface area contributed by atoms with Crippen molar-refractivity contribution >= 4 is 23.3 Å². The quantitative estimate of drug-likeness (QED) is 0.592. The number of likely N-dealkylation sites (tertiary alicyclic amines) is 1. The third kappa shape index (κ3) is 5.48. The van der Waals surface area contributed by atoms with Gasteiger partial charge in [0.05, 0.1) is 12.3 Å². The van der Waals surface area contributed by atoms with Crippen LogP contribution < -0.4 is 10.2 Å². The van der Waals surface area contributed by atoms with Crippen LogP contribution in [-0.4, -0.2) is 53.1 Å². The third-order valence-corrected chi connectivity index (χ3v) is 6.90. The van der Waals surface area contributed by atoms with Crippen molar-refractivity contribution in [2.24, 2.45) is 5.92 Å². The number of rotatable bonds is 6. The Labute approximate surface area is 204 Å². The van der Waals surface area contributed by atoms with Gasteiger partial charge in [0.25, 0.3) is 0 Å². The van der Waals surface area contributed by atoms with Gasteiger partial charge >= 0.3 is 0 Å². The van der Waals surface area contributed by atoms with Crippen LogP contribution in [-0.2, 0) is 16.0 Å². The lowest BCUT2D eigenvalue weighted by atomic mass is 9.89. The summed E-state index contributed by atoms with van der Waals surface area (Å²) in [5.41, 5.74) is 2.86. The smallest absolute Gasteiger partial charge is 0.231 e. The number of carbonyl (C=O) groups excluding carboxylic acids is 2. The highest BCUT2D eigenvalue weighted by molar-refractivity contribution is 5.94. The zero-order valence-corrected chi connectivity index (χ0v) is 19.4. The largest absolute Gasteiger partial charge is 0.353 e. The summed E-state index contributed by atoms with van der Waals surface area (Å²) in [4.78, 5) is 29.1. The van der Waals surface area contributed by atoms with Crippen molar-refractivity contribution in [3.63, 3.8) is 0 Å². The number of carbonyl (C=O) groups is 2. The Bertz CT molecular complexity index is 1160. The molecule has 7 nitrogen and oxygen atoms in total. The Morgan fingerprint density at radius 1 is 0.971 bits per heavy atom. The fraction of sp³-hybridized carbons (Fsp3) is 0.333. The van der Waals surface area contributed by atoms with Crippen molar-refractivity contribution in [3.05, 3.63) is 83.8 Å². The predicted octanol–water partition coefficient (Wildman–Crippen LogP) is 3.64. The lowest BCUT2D eigenvalue weighted by Crippen LogP contribution is -2.52. The van der Waals surface area contributed by atoms with Crippen LogP contribution in [0.4, 0.5) is 15.9 Å². The number of piperidine rings is 1. The average Bonchev–Trinajstić information content (AvgIpc) is 2.86. The highest BCUT2D eigenvalue weighted by Gasteiger charge is 2.33. The molecule has 0 saturated carbocycles. The molecule has 1 aromatic heterocycles. The number of hydrogen-bond acceptors (Lipinski definition) is 5. The number of aromatic nitrogens is 2. The van der Waals surface area contributed by atoms with E-state index in [0.717, 1.165) is 29.9 Å². The third-order valence-electron chi connectivity index (χ3n) is 6.90. The van der Waals surface area contributed by atoms with E-state index in [9.17, 15) is 14.0 Å². The van der Waals surface area contributed by atoms with Crippen LogP contribution in [0, 0.1) is 11.7 Å². The SMILES string of the molecule is O=C(Nc1ccc(C2CCN(C(=O)Cc3ccc(F)cc3)CC2)cc1)C1CN(c2cccnn2)C1. The molecule has 0 radical (unpaired) electrons. The number of benzene rings is 2. The molecular weight excluding hydrogens is 445 g/mol. The molecule has 2 aromatic carbocycles. The Morgan fingerprint density at radius 2 is 1.69 bits per heavy atom. The van der Waals surface area contributed by atoms with Crippen LogP contribution >= 0.6 is 0 Å². The Morgan fingerprint density at radius 3 is 2.34 bits per heavy atom. The lowest BCUT2D eigenvalue weighted by Gasteiger charge is -2.38. The molecule has 1 N–H and O–H groups in total. The fourth-order valence-electron chi connectivity index (χ4n) is 4.73. The molecule has 0 unspecified atom stereocenters. The molecule has 0 atom stereocenters. The van der Waals surface area contributed by atoms with Gasteiger partial charge in [0.1, 0.15) is 5.82 Å². The van der Waals surface area contributed by atoms with Gasteiger partial charge in [-0.05, 0) is 66.3 Å². The monoisotopic (exact) mass is 473 g/mol. The molecular formula is C27H28FN5O2. The molecule has 2 amide bonds. The van der Waals surface area contributed by atoms with Gasteiger partial charge < -0.3 is 15.1 Å². The van der Waals surface area contributed by atoms with Crippen LogP contribution in [0.3, 0.4) is 0 Å². The zero-order valence-electron chi connectivity index (χ0n) is 19.4. The Hall–Kier alpha value is -3.81. The van der Waals surface area contributed by atoms with Crippen LogP contribution in [0.15, 0.2) is 66.9 Å². The summed E-state index contributed by atoms with van der Waals surface area (Å²) < 4.78 is 13.1. The van der Waals surface area contributed by atoms with Crippen LogP contribution in [0.5, 0.6) is 0 Å². The van der Waals surface area contributed by atoms with Gasteiger partial charge in [-0.25, -0.2) is 4.39 Å². The number of hydrogen-bond donors (Lipinski definition) is 1. The van der Waals surface area contributed by atoms with Crippen molar-refractivity contribution in [2.45, 2.75) is 25.2 Å². The van der Waals surface area contributed by atoms with Crippen molar-refractivity contribution < 1.29 is 14.0 Å². The van der Waals surface area contributed by atoms with Gasteiger partial charge in [0.2, 0.25) is 11.8 Å². The van der Waals surface area contributed by atoms with E-state index in [0.29, 0.717) is 38.5 Å². The molecule has 180 valence electrons.